The Morgan fingerprint density at radius 3 is 2.55 bits per heavy atom. The highest BCUT2D eigenvalue weighted by atomic mass is 35.5. The molecule has 1 aromatic heterocycles. The molecule has 6 heteroatoms. The molecule has 150 valence electrons. The normalized spacial score (nSPS) is 12.4. The standard InChI is InChI=1S/C23H23ClN2O3/c1-3-4-18-22(16-6-8-17(24)9-7-16)21(23(25)27)14(2)26(18)12-15-5-10-19-20(11-15)29-13-28-19/h5-11H,3-4,12-13H2,1-2H3,(H2,25,27). The van der Waals surface area contributed by atoms with Crippen LogP contribution < -0.4 is 15.2 Å². The molecule has 0 unspecified atom stereocenters. The van der Waals surface area contributed by atoms with Gasteiger partial charge in [0.15, 0.2) is 11.5 Å². The van der Waals surface area contributed by atoms with Crippen molar-refractivity contribution in [3.63, 3.8) is 0 Å². The highest BCUT2D eigenvalue weighted by molar-refractivity contribution is 6.30. The number of nitrogens with zero attached hydrogens (tertiary/aromatic N) is 1. The zero-order valence-electron chi connectivity index (χ0n) is 16.5. The molecule has 1 aliphatic heterocycles. The van der Waals surface area contributed by atoms with Crippen LogP contribution in [0.3, 0.4) is 0 Å². The van der Waals surface area contributed by atoms with Crippen molar-refractivity contribution in [2.24, 2.45) is 5.73 Å². The second kappa shape index (κ2) is 7.84. The van der Waals surface area contributed by atoms with E-state index < -0.39 is 5.91 Å². The fraction of sp³-hybridized carbons (Fsp3) is 0.261. The van der Waals surface area contributed by atoms with Crippen molar-refractivity contribution in [1.82, 2.24) is 4.57 Å². The van der Waals surface area contributed by atoms with Gasteiger partial charge in [-0.05, 0) is 48.7 Å². The van der Waals surface area contributed by atoms with Crippen molar-refractivity contribution in [2.75, 3.05) is 6.79 Å². The molecule has 0 saturated carbocycles. The van der Waals surface area contributed by atoms with Crippen LogP contribution in [-0.2, 0) is 13.0 Å². The van der Waals surface area contributed by atoms with Crippen LogP contribution in [0.25, 0.3) is 11.1 Å². The fourth-order valence-electron chi connectivity index (χ4n) is 3.96. The molecule has 5 nitrogen and oxygen atoms in total. The van der Waals surface area contributed by atoms with E-state index >= 15 is 0 Å². The molecule has 0 saturated heterocycles. The van der Waals surface area contributed by atoms with Crippen molar-refractivity contribution >= 4 is 17.5 Å². The molecule has 2 N–H and O–H groups in total. The van der Waals surface area contributed by atoms with Crippen molar-refractivity contribution in [2.45, 2.75) is 33.2 Å². The number of hydrogen-bond acceptors (Lipinski definition) is 3. The number of primary amides is 1. The Morgan fingerprint density at radius 2 is 1.86 bits per heavy atom. The van der Waals surface area contributed by atoms with Crippen LogP contribution in [0, 0.1) is 6.92 Å². The van der Waals surface area contributed by atoms with Gasteiger partial charge in [0.05, 0.1) is 5.56 Å². The number of fused-ring (bicyclic) bond motifs is 1. The summed E-state index contributed by atoms with van der Waals surface area (Å²) in [6, 6.07) is 13.5. The summed E-state index contributed by atoms with van der Waals surface area (Å²) in [4.78, 5) is 12.4. The van der Waals surface area contributed by atoms with E-state index in [0.29, 0.717) is 17.1 Å². The number of rotatable bonds is 6. The summed E-state index contributed by atoms with van der Waals surface area (Å²) in [5.41, 5.74) is 11.3. The Bertz CT molecular complexity index is 1070. The molecule has 1 amide bonds. The van der Waals surface area contributed by atoms with Crippen LogP contribution in [0.2, 0.25) is 5.02 Å². The Balaban J connectivity index is 1.86. The maximum absolute atomic E-state index is 12.4. The number of halogens is 1. The van der Waals surface area contributed by atoms with E-state index in [4.69, 9.17) is 26.8 Å². The predicted octanol–water partition coefficient (Wildman–Crippen LogP) is 4.95. The number of benzene rings is 2. The maximum atomic E-state index is 12.4. The van der Waals surface area contributed by atoms with Gasteiger partial charge in [0, 0.05) is 28.5 Å². The van der Waals surface area contributed by atoms with Crippen LogP contribution in [0.15, 0.2) is 42.5 Å². The Hall–Kier alpha value is -2.92. The average Bonchev–Trinajstić information content (AvgIpc) is 3.26. The third kappa shape index (κ3) is 3.58. The van der Waals surface area contributed by atoms with Gasteiger partial charge in [0.2, 0.25) is 6.79 Å². The second-order valence-corrected chi connectivity index (χ2v) is 7.61. The summed E-state index contributed by atoms with van der Waals surface area (Å²) in [6.45, 7) is 4.94. The van der Waals surface area contributed by atoms with Crippen molar-refractivity contribution in [3.8, 4) is 22.6 Å². The van der Waals surface area contributed by atoms with Gasteiger partial charge < -0.3 is 19.8 Å². The highest BCUT2D eigenvalue weighted by Crippen LogP contribution is 2.36. The van der Waals surface area contributed by atoms with Crippen LogP contribution >= 0.6 is 11.6 Å². The first-order valence-electron chi connectivity index (χ1n) is 9.65. The molecule has 3 aromatic rings. The lowest BCUT2D eigenvalue weighted by atomic mass is 9.98. The zero-order chi connectivity index (χ0) is 20.5. The van der Waals surface area contributed by atoms with E-state index in [9.17, 15) is 4.79 Å². The number of nitrogens with two attached hydrogens (primary N) is 1. The van der Waals surface area contributed by atoms with E-state index in [1.165, 1.54) is 0 Å². The molecule has 0 fully saturated rings. The number of carbonyl (C=O) groups excluding carboxylic acids is 1. The average molecular weight is 411 g/mol. The third-order valence-electron chi connectivity index (χ3n) is 5.27. The zero-order valence-corrected chi connectivity index (χ0v) is 17.3. The molecular weight excluding hydrogens is 388 g/mol. The minimum Gasteiger partial charge on any atom is -0.454 e. The Labute approximate surface area is 175 Å². The molecular formula is C23H23ClN2O3. The lowest BCUT2D eigenvalue weighted by Crippen LogP contribution is -2.13. The highest BCUT2D eigenvalue weighted by Gasteiger charge is 2.25. The summed E-state index contributed by atoms with van der Waals surface area (Å²) in [6.07, 6.45) is 1.78. The minimum atomic E-state index is -0.422. The van der Waals surface area contributed by atoms with E-state index in [-0.39, 0.29) is 6.79 Å². The molecule has 0 bridgehead atoms. The van der Waals surface area contributed by atoms with Crippen LogP contribution in [0.1, 0.15) is 40.7 Å². The topological polar surface area (TPSA) is 66.5 Å². The van der Waals surface area contributed by atoms with Gasteiger partial charge in [0.25, 0.3) is 5.91 Å². The van der Waals surface area contributed by atoms with Crippen molar-refractivity contribution in [3.05, 3.63) is 70.0 Å². The van der Waals surface area contributed by atoms with E-state index in [0.717, 1.165) is 52.4 Å². The summed E-state index contributed by atoms with van der Waals surface area (Å²) >= 11 is 6.07. The molecule has 0 aliphatic carbocycles. The lowest BCUT2D eigenvalue weighted by Gasteiger charge is -2.13. The van der Waals surface area contributed by atoms with Crippen LogP contribution in [-0.4, -0.2) is 17.3 Å². The molecule has 4 rings (SSSR count). The number of ether oxygens (including phenoxy) is 2. The Morgan fingerprint density at radius 1 is 1.14 bits per heavy atom. The second-order valence-electron chi connectivity index (χ2n) is 7.18. The quantitative estimate of drug-likeness (QED) is 0.625. The third-order valence-corrected chi connectivity index (χ3v) is 5.53. The molecule has 2 aromatic carbocycles. The largest absolute Gasteiger partial charge is 0.454 e. The molecule has 0 radical (unpaired) electrons. The van der Waals surface area contributed by atoms with Crippen molar-refractivity contribution < 1.29 is 14.3 Å². The first-order valence-corrected chi connectivity index (χ1v) is 10.0. The number of amides is 1. The van der Waals surface area contributed by atoms with Gasteiger partial charge >= 0.3 is 0 Å². The first kappa shape index (κ1) is 19.4. The van der Waals surface area contributed by atoms with Crippen molar-refractivity contribution in [1.29, 1.82) is 0 Å². The molecule has 2 heterocycles. The summed E-state index contributed by atoms with van der Waals surface area (Å²) in [5, 5.41) is 0.655. The smallest absolute Gasteiger partial charge is 0.251 e. The molecule has 1 aliphatic rings. The van der Waals surface area contributed by atoms with Crippen LogP contribution in [0.5, 0.6) is 11.5 Å². The monoisotopic (exact) mass is 410 g/mol. The number of aromatic nitrogens is 1. The van der Waals surface area contributed by atoms with Crippen LogP contribution in [0.4, 0.5) is 0 Å². The van der Waals surface area contributed by atoms with Gasteiger partial charge in [0.1, 0.15) is 0 Å². The van der Waals surface area contributed by atoms with Gasteiger partial charge in [-0.2, -0.15) is 0 Å². The fourth-order valence-corrected chi connectivity index (χ4v) is 4.09. The van der Waals surface area contributed by atoms with Gasteiger partial charge in [-0.1, -0.05) is 43.1 Å². The SMILES string of the molecule is CCCc1c(-c2ccc(Cl)cc2)c(C(N)=O)c(C)n1Cc1ccc2c(c1)OCO2. The van der Waals surface area contributed by atoms with Gasteiger partial charge in [-0.25, -0.2) is 0 Å². The van der Waals surface area contributed by atoms with Gasteiger partial charge in [-0.15, -0.1) is 0 Å². The van der Waals surface area contributed by atoms with E-state index in [2.05, 4.69) is 11.5 Å². The molecule has 0 atom stereocenters. The number of carbonyl (C=O) groups is 1. The van der Waals surface area contributed by atoms with E-state index in [1.54, 1.807) is 0 Å². The Kier molecular flexibility index (Phi) is 5.24. The predicted molar refractivity (Wildman–Crippen MR) is 114 cm³/mol. The molecule has 0 spiro atoms. The number of hydrogen-bond donors (Lipinski definition) is 1. The molecule has 29 heavy (non-hydrogen) atoms. The maximum Gasteiger partial charge on any atom is 0.251 e. The summed E-state index contributed by atoms with van der Waals surface area (Å²) < 4.78 is 13.1. The minimum absolute atomic E-state index is 0.245. The summed E-state index contributed by atoms with van der Waals surface area (Å²) in [5.74, 6) is 1.08. The van der Waals surface area contributed by atoms with E-state index in [1.807, 2.05) is 49.4 Å². The summed E-state index contributed by atoms with van der Waals surface area (Å²) in [7, 11) is 0. The van der Waals surface area contributed by atoms with Gasteiger partial charge in [-0.3, -0.25) is 4.79 Å². The lowest BCUT2D eigenvalue weighted by molar-refractivity contribution is 0.1000. The first-order chi connectivity index (χ1) is 14.0.